The van der Waals surface area contributed by atoms with Crippen molar-refractivity contribution in [3.63, 3.8) is 0 Å². The fraction of sp³-hybridized carbons (Fsp3) is 0.619. The van der Waals surface area contributed by atoms with Gasteiger partial charge in [-0.05, 0) is 44.8 Å². The van der Waals surface area contributed by atoms with Crippen LogP contribution >= 0.6 is 0 Å². The Morgan fingerprint density at radius 3 is 2.54 bits per heavy atom. The standard InChI is InChI=1S/C21H34N4O2Si/c1-15(18(13-22)19(26)10-16-14-23-8-9-24-16)25-17-11-21(5,12-17)27-28(6,7)20(2,3)4/h8-9,13-14,17,22,25H,10-12H2,1-7H3/b18-15+,22-13?/t17-,21+. The highest BCUT2D eigenvalue weighted by Gasteiger charge is 2.48. The zero-order chi connectivity index (χ0) is 21.2. The number of hydrogen-bond donors (Lipinski definition) is 2. The summed E-state index contributed by atoms with van der Waals surface area (Å²) in [4.78, 5) is 20.7. The van der Waals surface area contributed by atoms with Gasteiger partial charge in [0.25, 0.3) is 0 Å². The summed E-state index contributed by atoms with van der Waals surface area (Å²) < 4.78 is 6.61. The molecule has 0 amide bonds. The Bertz CT molecular complexity index is 747. The minimum absolute atomic E-state index is 0.116. The molecule has 1 aliphatic carbocycles. The quantitative estimate of drug-likeness (QED) is 0.389. The lowest BCUT2D eigenvalue weighted by Crippen LogP contribution is -2.59. The van der Waals surface area contributed by atoms with Crippen LogP contribution in [0.4, 0.5) is 0 Å². The molecule has 1 aromatic rings. The zero-order valence-electron chi connectivity index (χ0n) is 18.2. The molecule has 28 heavy (non-hydrogen) atoms. The molecule has 0 aliphatic heterocycles. The Hall–Kier alpha value is -1.86. The van der Waals surface area contributed by atoms with E-state index in [9.17, 15) is 4.79 Å². The third-order valence-corrected chi connectivity index (χ3v) is 10.5. The number of ketones is 1. The summed E-state index contributed by atoms with van der Waals surface area (Å²) in [5.74, 6) is -0.125. The molecule has 0 spiro atoms. The molecule has 154 valence electrons. The minimum Gasteiger partial charge on any atom is -0.411 e. The van der Waals surface area contributed by atoms with E-state index in [2.05, 4.69) is 56.1 Å². The number of Topliss-reactive ketones (excluding diaryl/α,β-unsaturated/α-hetero) is 1. The van der Waals surface area contributed by atoms with Gasteiger partial charge in [-0.2, -0.15) is 0 Å². The summed E-state index contributed by atoms with van der Waals surface area (Å²) in [6.45, 7) is 15.4. The molecule has 6 nitrogen and oxygen atoms in total. The van der Waals surface area contributed by atoms with E-state index in [1.165, 1.54) is 0 Å². The van der Waals surface area contributed by atoms with E-state index < -0.39 is 8.32 Å². The first-order chi connectivity index (χ1) is 12.9. The summed E-state index contributed by atoms with van der Waals surface area (Å²) in [6, 6.07) is 0.258. The van der Waals surface area contributed by atoms with Gasteiger partial charge in [-0.25, -0.2) is 0 Å². The first kappa shape index (κ1) is 22.4. The number of carbonyl (C=O) groups is 1. The number of nitrogens with zero attached hydrogens (tertiary/aromatic N) is 2. The molecule has 0 radical (unpaired) electrons. The van der Waals surface area contributed by atoms with Crippen molar-refractivity contribution in [1.29, 1.82) is 5.41 Å². The molecule has 2 rings (SSSR count). The normalized spacial score (nSPS) is 23.5. The highest BCUT2D eigenvalue weighted by Crippen LogP contribution is 2.45. The van der Waals surface area contributed by atoms with E-state index in [-0.39, 0.29) is 28.9 Å². The molecule has 2 N–H and O–H groups in total. The maximum Gasteiger partial charge on any atom is 0.192 e. The Balaban J connectivity index is 1.97. The fourth-order valence-electron chi connectivity index (χ4n) is 3.40. The molecule has 1 fully saturated rings. The maximum atomic E-state index is 12.6. The third-order valence-electron chi connectivity index (χ3n) is 5.89. The molecule has 1 aliphatic rings. The van der Waals surface area contributed by atoms with Gasteiger partial charge in [0.15, 0.2) is 14.1 Å². The number of nitrogens with one attached hydrogen (secondary N) is 2. The molecule has 0 unspecified atom stereocenters. The lowest BCUT2D eigenvalue weighted by Gasteiger charge is -2.52. The smallest absolute Gasteiger partial charge is 0.192 e. The van der Waals surface area contributed by atoms with Crippen molar-refractivity contribution in [2.75, 3.05) is 0 Å². The van der Waals surface area contributed by atoms with Gasteiger partial charge in [-0.1, -0.05) is 20.8 Å². The Morgan fingerprint density at radius 1 is 1.39 bits per heavy atom. The van der Waals surface area contributed by atoms with Crippen LogP contribution < -0.4 is 5.32 Å². The molecule has 7 heteroatoms. The van der Waals surface area contributed by atoms with Crippen LogP contribution in [-0.2, 0) is 15.6 Å². The molecule has 1 heterocycles. The molecule has 0 aromatic carbocycles. The molecular weight excluding hydrogens is 368 g/mol. The second-order valence-corrected chi connectivity index (χ2v) is 14.3. The number of rotatable bonds is 8. The molecule has 0 bridgehead atoms. The monoisotopic (exact) mass is 402 g/mol. The number of hydrogen-bond acceptors (Lipinski definition) is 6. The first-order valence-electron chi connectivity index (χ1n) is 9.83. The van der Waals surface area contributed by atoms with Crippen molar-refractivity contribution in [3.8, 4) is 0 Å². The molecule has 1 saturated carbocycles. The Morgan fingerprint density at radius 2 is 2.04 bits per heavy atom. The average molecular weight is 403 g/mol. The van der Waals surface area contributed by atoms with Crippen molar-refractivity contribution in [1.82, 2.24) is 15.3 Å². The second kappa shape index (κ2) is 8.25. The summed E-state index contributed by atoms with van der Waals surface area (Å²) in [6.07, 6.45) is 7.81. The van der Waals surface area contributed by atoms with Crippen LogP contribution in [0.5, 0.6) is 0 Å². The third kappa shape index (κ3) is 5.35. The SMILES string of the molecule is C/C(N[C@H]1C[C@@](C)(O[Si](C)(C)C(C)(C)C)C1)=C(/C=N)C(=O)Cc1cnccn1. The minimum atomic E-state index is -1.81. The van der Waals surface area contributed by atoms with Gasteiger partial charge in [0, 0.05) is 36.5 Å². The number of carbonyl (C=O) groups excluding carboxylic acids is 1. The second-order valence-electron chi connectivity index (χ2n) is 9.54. The summed E-state index contributed by atoms with van der Waals surface area (Å²) in [5, 5.41) is 11.3. The Kier molecular flexibility index (Phi) is 6.61. The molecular formula is C21H34N4O2Si. The van der Waals surface area contributed by atoms with Gasteiger partial charge in [0.05, 0.1) is 23.3 Å². The highest BCUT2D eigenvalue weighted by atomic mass is 28.4. The van der Waals surface area contributed by atoms with Crippen molar-refractivity contribution in [2.45, 2.75) is 83.7 Å². The van der Waals surface area contributed by atoms with Crippen LogP contribution in [0.15, 0.2) is 29.9 Å². The summed E-state index contributed by atoms with van der Waals surface area (Å²) >= 11 is 0. The molecule has 0 atom stereocenters. The van der Waals surface area contributed by atoms with Crippen molar-refractivity contribution < 1.29 is 9.22 Å². The van der Waals surface area contributed by atoms with Crippen LogP contribution in [0.25, 0.3) is 0 Å². The summed E-state index contributed by atoms with van der Waals surface area (Å²) in [7, 11) is -1.81. The largest absolute Gasteiger partial charge is 0.411 e. The van der Waals surface area contributed by atoms with Gasteiger partial charge in [0.1, 0.15) is 0 Å². The first-order valence-corrected chi connectivity index (χ1v) is 12.7. The van der Waals surface area contributed by atoms with E-state index in [0.29, 0.717) is 11.3 Å². The predicted octanol–water partition coefficient (Wildman–Crippen LogP) is 4.04. The van der Waals surface area contributed by atoms with Crippen molar-refractivity contribution in [3.05, 3.63) is 35.6 Å². The summed E-state index contributed by atoms with van der Waals surface area (Å²) in [5.41, 5.74) is 1.63. The maximum absolute atomic E-state index is 12.6. The number of aromatic nitrogens is 2. The average Bonchev–Trinajstić information content (AvgIpc) is 2.53. The van der Waals surface area contributed by atoms with Crippen molar-refractivity contribution in [2.24, 2.45) is 0 Å². The van der Waals surface area contributed by atoms with E-state index >= 15 is 0 Å². The van der Waals surface area contributed by atoms with E-state index in [1.54, 1.807) is 18.6 Å². The predicted molar refractivity (Wildman–Crippen MR) is 115 cm³/mol. The van der Waals surface area contributed by atoms with Crippen LogP contribution in [-0.4, -0.2) is 41.9 Å². The lowest BCUT2D eigenvalue weighted by molar-refractivity contribution is -0.114. The van der Waals surface area contributed by atoms with E-state index in [1.807, 2.05) is 6.92 Å². The fourth-order valence-corrected chi connectivity index (χ4v) is 5.10. The molecule has 0 saturated heterocycles. The van der Waals surface area contributed by atoms with Gasteiger partial charge in [0.2, 0.25) is 0 Å². The van der Waals surface area contributed by atoms with Crippen LogP contribution in [0, 0.1) is 5.41 Å². The van der Waals surface area contributed by atoms with Gasteiger partial charge in [-0.15, -0.1) is 0 Å². The van der Waals surface area contributed by atoms with Crippen LogP contribution in [0.1, 0.15) is 53.2 Å². The highest BCUT2D eigenvalue weighted by molar-refractivity contribution is 6.74. The van der Waals surface area contributed by atoms with Crippen LogP contribution in [0.3, 0.4) is 0 Å². The van der Waals surface area contributed by atoms with E-state index in [4.69, 9.17) is 9.84 Å². The molecule has 1 aromatic heterocycles. The topological polar surface area (TPSA) is 88.0 Å². The Labute approximate surface area is 169 Å². The number of allylic oxidation sites excluding steroid dienone is 2. The lowest BCUT2D eigenvalue weighted by atomic mass is 9.77. The van der Waals surface area contributed by atoms with Gasteiger partial charge >= 0.3 is 0 Å². The van der Waals surface area contributed by atoms with Crippen molar-refractivity contribution >= 4 is 20.3 Å². The van der Waals surface area contributed by atoms with E-state index in [0.717, 1.165) is 24.8 Å². The zero-order valence-corrected chi connectivity index (χ0v) is 19.2. The van der Waals surface area contributed by atoms with Crippen LogP contribution in [0.2, 0.25) is 18.1 Å². The van der Waals surface area contributed by atoms with Gasteiger partial charge in [-0.3, -0.25) is 14.8 Å². The van der Waals surface area contributed by atoms with Gasteiger partial charge < -0.3 is 15.2 Å².